The Bertz CT molecular complexity index is 980. The summed E-state index contributed by atoms with van der Waals surface area (Å²) in [6.07, 6.45) is -0.0502. The van der Waals surface area contributed by atoms with Gasteiger partial charge in [0.05, 0.1) is 19.3 Å². The minimum absolute atomic E-state index is 0.0137. The van der Waals surface area contributed by atoms with Gasteiger partial charge in [-0.3, -0.25) is 0 Å². The molecule has 4 nitrogen and oxygen atoms in total. The zero-order valence-corrected chi connectivity index (χ0v) is 18.9. The molecule has 5 rings (SSSR count). The van der Waals surface area contributed by atoms with E-state index >= 15 is 0 Å². The van der Waals surface area contributed by atoms with Crippen molar-refractivity contribution in [3.05, 3.63) is 102 Å². The number of aryl methyl sites for hydroxylation is 1. The molecule has 5 heteroatoms. The van der Waals surface area contributed by atoms with Crippen LogP contribution in [-0.2, 0) is 25.6 Å². The predicted octanol–water partition coefficient (Wildman–Crippen LogP) is 5.90. The Hall–Kier alpha value is -2.15. The van der Waals surface area contributed by atoms with Gasteiger partial charge in [-0.2, -0.15) is 0 Å². The van der Waals surface area contributed by atoms with E-state index in [1.165, 1.54) is 10.5 Å². The summed E-state index contributed by atoms with van der Waals surface area (Å²) in [5.74, 6) is 0. The average molecular weight is 449 g/mol. The van der Waals surface area contributed by atoms with Crippen LogP contribution in [0.15, 0.2) is 89.8 Å². The number of hydrogen-bond acceptors (Lipinski definition) is 5. The van der Waals surface area contributed by atoms with Gasteiger partial charge in [0, 0.05) is 16.9 Å². The molecule has 5 atom stereocenters. The summed E-state index contributed by atoms with van der Waals surface area (Å²) in [7, 11) is 0. The molecule has 0 aliphatic carbocycles. The second kappa shape index (κ2) is 10.2. The Morgan fingerprint density at radius 2 is 1.59 bits per heavy atom. The molecule has 2 saturated heterocycles. The van der Waals surface area contributed by atoms with Crippen molar-refractivity contribution in [3.8, 4) is 0 Å². The molecule has 2 aliphatic heterocycles. The van der Waals surface area contributed by atoms with Crippen molar-refractivity contribution in [2.24, 2.45) is 0 Å². The maximum atomic E-state index is 6.44. The molecule has 3 aromatic rings. The molecule has 0 spiro atoms. The van der Waals surface area contributed by atoms with Gasteiger partial charge in [-0.05, 0) is 24.6 Å². The molecule has 2 unspecified atom stereocenters. The topological polar surface area (TPSA) is 36.9 Å². The van der Waals surface area contributed by atoms with Crippen LogP contribution in [0.25, 0.3) is 0 Å². The van der Waals surface area contributed by atoms with E-state index in [-0.39, 0.29) is 23.7 Å². The average Bonchev–Trinajstić information content (AvgIpc) is 2.85. The molecule has 2 aliphatic rings. The van der Waals surface area contributed by atoms with Gasteiger partial charge < -0.3 is 18.9 Å². The maximum absolute atomic E-state index is 6.44. The van der Waals surface area contributed by atoms with Crippen LogP contribution < -0.4 is 0 Å². The lowest BCUT2D eigenvalue weighted by molar-refractivity contribution is -0.308. The highest BCUT2D eigenvalue weighted by Gasteiger charge is 2.45. The first-order valence-electron chi connectivity index (χ1n) is 11.1. The van der Waals surface area contributed by atoms with E-state index in [2.05, 4.69) is 43.3 Å². The van der Waals surface area contributed by atoms with Crippen LogP contribution in [0.1, 0.15) is 29.4 Å². The van der Waals surface area contributed by atoms with Crippen molar-refractivity contribution in [1.82, 2.24) is 0 Å². The van der Waals surface area contributed by atoms with Gasteiger partial charge >= 0.3 is 0 Å². The summed E-state index contributed by atoms with van der Waals surface area (Å²) in [6, 6.07) is 28.9. The Morgan fingerprint density at radius 3 is 2.34 bits per heavy atom. The van der Waals surface area contributed by atoms with E-state index in [1.807, 2.05) is 48.5 Å². The predicted molar refractivity (Wildman–Crippen MR) is 125 cm³/mol. The van der Waals surface area contributed by atoms with E-state index in [0.29, 0.717) is 13.2 Å². The highest BCUT2D eigenvalue weighted by atomic mass is 32.2. The molecule has 2 fully saturated rings. The van der Waals surface area contributed by atoms with Gasteiger partial charge in [0.25, 0.3) is 0 Å². The Balaban J connectivity index is 1.31. The minimum atomic E-state index is -0.398. The molecule has 0 N–H and O–H groups in total. The Morgan fingerprint density at radius 1 is 0.875 bits per heavy atom. The van der Waals surface area contributed by atoms with Crippen molar-refractivity contribution in [1.29, 1.82) is 0 Å². The van der Waals surface area contributed by atoms with Gasteiger partial charge in [0.1, 0.15) is 17.6 Å². The highest BCUT2D eigenvalue weighted by Crippen LogP contribution is 2.39. The minimum Gasteiger partial charge on any atom is -0.371 e. The lowest BCUT2D eigenvalue weighted by atomic mass is 10.0. The highest BCUT2D eigenvalue weighted by molar-refractivity contribution is 7.99. The first-order valence-corrected chi connectivity index (χ1v) is 12.0. The molecule has 166 valence electrons. The Kier molecular flexibility index (Phi) is 6.91. The van der Waals surface area contributed by atoms with Gasteiger partial charge in [0.2, 0.25) is 0 Å². The van der Waals surface area contributed by atoms with E-state index in [9.17, 15) is 0 Å². The molecule has 0 amide bonds. The summed E-state index contributed by atoms with van der Waals surface area (Å²) in [4.78, 5) is 1.20. The molecule has 2 heterocycles. The van der Waals surface area contributed by atoms with Crippen molar-refractivity contribution in [2.45, 2.75) is 54.9 Å². The largest absolute Gasteiger partial charge is 0.371 e. The lowest BCUT2D eigenvalue weighted by Gasteiger charge is -2.45. The SMILES string of the molecule is Cc1ccc(SC2C[C@@H](OCc3ccccc3)[C@H]3OC(c4ccccc4)OC[C@H]3O2)cc1. The fourth-order valence-corrected chi connectivity index (χ4v) is 5.22. The number of thioether (sulfide) groups is 1. The smallest absolute Gasteiger partial charge is 0.184 e. The van der Waals surface area contributed by atoms with E-state index in [1.54, 1.807) is 11.8 Å². The van der Waals surface area contributed by atoms with Crippen LogP contribution in [0.4, 0.5) is 0 Å². The fraction of sp³-hybridized carbons (Fsp3) is 0.333. The van der Waals surface area contributed by atoms with Crippen LogP contribution in [0, 0.1) is 6.92 Å². The van der Waals surface area contributed by atoms with Crippen LogP contribution in [-0.4, -0.2) is 30.4 Å². The molecular formula is C27H28O4S. The number of hydrogen-bond donors (Lipinski definition) is 0. The molecular weight excluding hydrogens is 420 g/mol. The van der Waals surface area contributed by atoms with E-state index < -0.39 is 6.29 Å². The summed E-state index contributed by atoms with van der Waals surface area (Å²) in [5, 5.41) is 0. The fourth-order valence-electron chi connectivity index (χ4n) is 4.13. The van der Waals surface area contributed by atoms with Crippen LogP contribution in [0.3, 0.4) is 0 Å². The van der Waals surface area contributed by atoms with Gasteiger partial charge in [-0.1, -0.05) is 90.1 Å². The zero-order valence-electron chi connectivity index (χ0n) is 18.1. The molecule has 3 aromatic carbocycles. The van der Waals surface area contributed by atoms with Crippen molar-refractivity contribution in [2.75, 3.05) is 6.61 Å². The van der Waals surface area contributed by atoms with Crippen molar-refractivity contribution in [3.63, 3.8) is 0 Å². The van der Waals surface area contributed by atoms with Gasteiger partial charge in [0.15, 0.2) is 6.29 Å². The second-order valence-corrected chi connectivity index (χ2v) is 9.52. The Labute approximate surface area is 193 Å². The molecule has 0 radical (unpaired) electrons. The maximum Gasteiger partial charge on any atom is 0.184 e. The summed E-state index contributed by atoms with van der Waals surface area (Å²) < 4.78 is 25.3. The van der Waals surface area contributed by atoms with Crippen molar-refractivity contribution < 1.29 is 18.9 Å². The number of benzene rings is 3. The third-order valence-corrected chi connectivity index (χ3v) is 6.95. The standard InChI is InChI=1S/C27H28O4S/c1-19-12-14-22(15-13-19)32-25-16-23(28-17-20-8-4-2-5-9-20)26-24(30-25)18-29-27(31-26)21-10-6-3-7-11-21/h2-15,23-27H,16-18H2,1H3/t23-,24-,25?,26-,27?/m1/s1. The van der Waals surface area contributed by atoms with E-state index in [4.69, 9.17) is 18.9 Å². The quantitative estimate of drug-likeness (QED) is 0.469. The second-order valence-electron chi connectivity index (χ2n) is 8.28. The zero-order chi connectivity index (χ0) is 21.8. The molecule has 0 saturated carbocycles. The lowest BCUT2D eigenvalue weighted by Crippen LogP contribution is -2.55. The number of rotatable bonds is 6. The summed E-state index contributed by atoms with van der Waals surface area (Å²) in [6.45, 7) is 3.14. The van der Waals surface area contributed by atoms with E-state index in [0.717, 1.165) is 17.5 Å². The third-order valence-electron chi connectivity index (χ3n) is 5.84. The number of fused-ring (bicyclic) bond motifs is 1. The van der Waals surface area contributed by atoms with Crippen LogP contribution >= 0.6 is 11.8 Å². The molecule has 32 heavy (non-hydrogen) atoms. The first kappa shape index (κ1) is 21.7. The first-order chi connectivity index (χ1) is 15.7. The molecule has 0 aromatic heterocycles. The van der Waals surface area contributed by atoms with Crippen molar-refractivity contribution >= 4 is 11.8 Å². The number of ether oxygens (including phenoxy) is 4. The van der Waals surface area contributed by atoms with Gasteiger partial charge in [-0.25, -0.2) is 0 Å². The normalized spacial score (nSPS) is 27.6. The molecule has 0 bridgehead atoms. The van der Waals surface area contributed by atoms with Gasteiger partial charge in [-0.15, -0.1) is 0 Å². The monoisotopic (exact) mass is 448 g/mol. The van der Waals surface area contributed by atoms with Crippen LogP contribution in [0.2, 0.25) is 0 Å². The third kappa shape index (κ3) is 5.25. The summed E-state index contributed by atoms with van der Waals surface area (Å²) >= 11 is 1.74. The summed E-state index contributed by atoms with van der Waals surface area (Å²) in [5.41, 5.74) is 3.41. The van der Waals surface area contributed by atoms with Crippen LogP contribution in [0.5, 0.6) is 0 Å².